The second-order valence-corrected chi connectivity index (χ2v) is 5.31. The average molecular weight is 255 g/mol. The number of nitrogens with one attached hydrogen (secondary N) is 2. The molecule has 1 aliphatic rings. The maximum atomic E-state index is 11.5. The van der Waals surface area contributed by atoms with E-state index in [1.165, 1.54) is 32.1 Å². The van der Waals surface area contributed by atoms with Crippen molar-refractivity contribution in [1.82, 2.24) is 15.5 Å². The third kappa shape index (κ3) is 6.24. The lowest BCUT2D eigenvalue weighted by Crippen LogP contribution is -2.29. The van der Waals surface area contributed by atoms with Crippen molar-refractivity contribution in [3.8, 4) is 0 Å². The normalized spacial score (nSPS) is 19.3. The van der Waals surface area contributed by atoms with Gasteiger partial charge in [0.1, 0.15) is 0 Å². The largest absolute Gasteiger partial charge is 0.334 e. The van der Waals surface area contributed by atoms with Crippen LogP contribution in [0.5, 0.6) is 0 Å². The molecule has 0 spiro atoms. The molecule has 1 aliphatic heterocycles. The Balaban J connectivity index is 1.85. The van der Waals surface area contributed by atoms with Crippen LogP contribution in [0.1, 0.15) is 52.4 Å². The number of carbonyl (C=O) groups excluding carboxylic acids is 1. The molecule has 106 valence electrons. The molecule has 1 fully saturated rings. The maximum absolute atomic E-state index is 11.5. The van der Waals surface area contributed by atoms with E-state index in [0.29, 0.717) is 6.04 Å². The first-order chi connectivity index (χ1) is 8.74. The SMILES string of the molecule is CCCCNCCCCCCN1CC(C)NC1=O. The van der Waals surface area contributed by atoms with Crippen molar-refractivity contribution in [3.05, 3.63) is 0 Å². The van der Waals surface area contributed by atoms with Crippen molar-refractivity contribution in [1.29, 1.82) is 0 Å². The number of unbranched alkanes of at least 4 members (excludes halogenated alkanes) is 4. The molecular weight excluding hydrogens is 226 g/mol. The van der Waals surface area contributed by atoms with Crippen LogP contribution in [0, 0.1) is 0 Å². The van der Waals surface area contributed by atoms with E-state index in [9.17, 15) is 4.79 Å². The highest BCUT2D eigenvalue weighted by atomic mass is 16.2. The van der Waals surface area contributed by atoms with Crippen LogP contribution in [0.4, 0.5) is 4.79 Å². The second kappa shape index (κ2) is 9.20. The second-order valence-electron chi connectivity index (χ2n) is 5.31. The third-order valence-corrected chi connectivity index (χ3v) is 3.39. The Morgan fingerprint density at radius 1 is 1.22 bits per heavy atom. The van der Waals surface area contributed by atoms with E-state index in [1.54, 1.807) is 0 Å². The van der Waals surface area contributed by atoms with Gasteiger partial charge in [0.05, 0.1) is 0 Å². The number of nitrogens with zero attached hydrogens (tertiary/aromatic N) is 1. The highest BCUT2D eigenvalue weighted by molar-refractivity contribution is 5.76. The van der Waals surface area contributed by atoms with Crippen molar-refractivity contribution in [2.75, 3.05) is 26.2 Å². The molecule has 0 saturated carbocycles. The predicted octanol–water partition coefficient (Wildman–Crippen LogP) is 2.35. The number of amides is 2. The summed E-state index contributed by atoms with van der Waals surface area (Å²) in [7, 11) is 0. The Morgan fingerprint density at radius 2 is 1.94 bits per heavy atom. The maximum Gasteiger partial charge on any atom is 0.317 e. The van der Waals surface area contributed by atoms with Crippen molar-refractivity contribution < 1.29 is 4.79 Å². The Kier molecular flexibility index (Phi) is 7.81. The molecule has 1 heterocycles. The summed E-state index contributed by atoms with van der Waals surface area (Å²) in [5.74, 6) is 0. The van der Waals surface area contributed by atoms with Gasteiger partial charge in [-0.25, -0.2) is 4.79 Å². The zero-order valence-corrected chi connectivity index (χ0v) is 12.0. The van der Waals surface area contributed by atoms with Crippen LogP contribution < -0.4 is 10.6 Å². The zero-order chi connectivity index (χ0) is 13.2. The number of carbonyl (C=O) groups is 1. The fourth-order valence-corrected chi connectivity index (χ4v) is 2.29. The van der Waals surface area contributed by atoms with Gasteiger partial charge in [-0.2, -0.15) is 0 Å². The molecular formula is C14H29N3O. The predicted molar refractivity (Wildman–Crippen MR) is 75.8 cm³/mol. The summed E-state index contributed by atoms with van der Waals surface area (Å²) in [5.41, 5.74) is 0. The van der Waals surface area contributed by atoms with Crippen molar-refractivity contribution in [3.63, 3.8) is 0 Å². The average Bonchev–Trinajstić information content (AvgIpc) is 2.66. The number of hydrogen-bond acceptors (Lipinski definition) is 2. The Morgan fingerprint density at radius 3 is 2.61 bits per heavy atom. The van der Waals surface area contributed by atoms with Gasteiger partial charge in [-0.3, -0.25) is 0 Å². The lowest BCUT2D eigenvalue weighted by Gasteiger charge is -2.13. The van der Waals surface area contributed by atoms with Crippen LogP contribution >= 0.6 is 0 Å². The highest BCUT2D eigenvalue weighted by Crippen LogP contribution is 2.07. The third-order valence-electron chi connectivity index (χ3n) is 3.39. The van der Waals surface area contributed by atoms with Gasteiger partial charge in [-0.1, -0.05) is 26.2 Å². The van der Waals surface area contributed by atoms with E-state index < -0.39 is 0 Å². The van der Waals surface area contributed by atoms with Gasteiger partial charge < -0.3 is 15.5 Å². The summed E-state index contributed by atoms with van der Waals surface area (Å²) in [6, 6.07) is 0.434. The summed E-state index contributed by atoms with van der Waals surface area (Å²) in [5, 5.41) is 6.38. The molecule has 0 aliphatic carbocycles. The first kappa shape index (κ1) is 15.3. The molecule has 1 saturated heterocycles. The number of urea groups is 1. The van der Waals surface area contributed by atoms with Gasteiger partial charge in [0.15, 0.2) is 0 Å². The van der Waals surface area contributed by atoms with E-state index in [2.05, 4.69) is 24.5 Å². The van der Waals surface area contributed by atoms with Crippen molar-refractivity contribution in [2.45, 2.75) is 58.4 Å². The molecule has 0 aromatic carbocycles. The van der Waals surface area contributed by atoms with Gasteiger partial charge in [0.2, 0.25) is 0 Å². The van der Waals surface area contributed by atoms with Crippen LogP contribution in [0.15, 0.2) is 0 Å². The summed E-state index contributed by atoms with van der Waals surface area (Å²) in [6.45, 7) is 8.36. The molecule has 0 aromatic heterocycles. The molecule has 1 atom stereocenters. The first-order valence-corrected chi connectivity index (χ1v) is 7.50. The van der Waals surface area contributed by atoms with Crippen LogP contribution in [0.3, 0.4) is 0 Å². The lowest BCUT2D eigenvalue weighted by atomic mass is 10.2. The molecule has 18 heavy (non-hydrogen) atoms. The fourth-order valence-electron chi connectivity index (χ4n) is 2.29. The van der Waals surface area contributed by atoms with Crippen LogP contribution in [-0.2, 0) is 0 Å². The van der Waals surface area contributed by atoms with E-state index in [4.69, 9.17) is 0 Å². The van der Waals surface area contributed by atoms with Crippen LogP contribution in [0.2, 0.25) is 0 Å². The minimum atomic E-state index is 0.115. The monoisotopic (exact) mass is 255 g/mol. The van der Waals surface area contributed by atoms with Gasteiger partial charge in [0, 0.05) is 19.1 Å². The fraction of sp³-hybridized carbons (Fsp3) is 0.929. The molecule has 1 unspecified atom stereocenters. The Labute approximate surface area is 111 Å². The Hall–Kier alpha value is -0.770. The zero-order valence-electron chi connectivity index (χ0n) is 12.0. The van der Waals surface area contributed by atoms with Crippen LogP contribution in [-0.4, -0.2) is 43.2 Å². The smallest absolute Gasteiger partial charge is 0.317 e. The summed E-state index contributed by atoms with van der Waals surface area (Å²) in [4.78, 5) is 13.4. The summed E-state index contributed by atoms with van der Waals surface area (Å²) < 4.78 is 0. The molecule has 0 radical (unpaired) electrons. The van der Waals surface area contributed by atoms with Crippen molar-refractivity contribution >= 4 is 6.03 Å². The quantitative estimate of drug-likeness (QED) is 0.589. The molecule has 2 amide bonds. The van der Waals surface area contributed by atoms with Crippen LogP contribution in [0.25, 0.3) is 0 Å². The summed E-state index contributed by atoms with van der Waals surface area (Å²) in [6.07, 6.45) is 7.44. The highest BCUT2D eigenvalue weighted by Gasteiger charge is 2.24. The van der Waals surface area contributed by atoms with Crippen molar-refractivity contribution in [2.24, 2.45) is 0 Å². The van der Waals surface area contributed by atoms with Gasteiger partial charge in [0.25, 0.3) is 0 Å². The molecule has 0 bridgehead atoms. The molecule has 4 heteroatoms. The van der Waals surface area contributed by atoms with Gasteiger partial charge in [-0.05, 0) is 39.3 Å². The standard InChI is InChI=1S/C14H29N3O/c1-3-4-9-15-10-7-5-6-8-11-17-12-13(2)16-14(17)18/h13,15H,3-12H2,1-2H3,(H,16,18). The molecule has 1 rings (SSSR count). The topological polar surface area (TPSA) is 44.4 Å². The molecule has 2 N–H and O–H groups in total. The minimum absolute atomic E-state index is 0.115. The number of rotatable bonds is 10. The number of hydrogen-bond donors (Lipinski definition) is 2. The molecule has 4 nitrogen and oxygen atoms in total. The van der Waals surface area contributed by atoms with E-state index in [0.717, 1.165) is 32.6 Å². The van der Waals surface area contributed by atoms with Gasteiger partial charge >= 0.3 is 6.03 Å². The Bertz CT molecular complexity index is 233. The van der Waals surface area contributed by atoms with Gasteiger partial charge in [-0.15, -0.1) is 0 Å². The van der Waals surface area contributed by atoms with E-state index in [-0.39, 0.29) is 6.03 Å². The summed E-state index contributed by atoms with van der Waals surface area (Å²) >= 11 is 0. The lowest BCUT2D eigenvalue weighted by molar-refractivity contribution is 0.216. The van der Waals surface area contributed by atoms with E-state index >= 15 is 0 Å². The van der Waals surface area contributed by atoms with E-state index in [1.807, 2.05) is 4.90 Å². The first-order valence-electron chi connectivity index (χ1n) is 7.50. The molecule has 0 aromatic rings. The minimum Gasteiger partial charge on any atom is -0.334 e.